The fourth-order valence-electron chi connectivity index (χ4n) is 1.24. The summed E-state index contributed by atoms with van der Waals surface area (Å²) in [7, 11) is 0. The number of hydrogen-bond acceptors (Lipinski definition) is 4. The number of carboxylic acids is 1. The van der Waals surface area contributed by atoms with E-state index in [0.717, 1.165) is 12.8 Å². The summed E-state index contributed by atoms with van der Waals surface area (Å²) in [6.07, 6.45) is 3.64. The van der Waals surface area contributed by atoms with Gasteiger partial charge in [0.2, 0.25) is 0 Å². The molecule has 0 saturated carbocycles. The second kappa shape index (κ2) is 6.85. The molecule has 7 heteroatoms. The van der Waals surface area contributed by atoms with Crippen molar-refractivity contribution in [2.75, 3.05) is 5.32 Å². The molecule has 1 unspecified atom stereocenters. The standard InChI is InChI=1S/C10H15N3O3S/c1-2-3-4-7(8(14)15)12-9(16)13-10-11-5-6-17-10/h5-7H,2-4H2,1H3,(H,14,15)(H2,11,12,13,16). The number of nitrogens with zero attached hydrogens (tertiary/aromatic N) is 1. The van der Waals surface area contributed by atoms with Gasteiger partial charge in [0.1, 0.15) is 6.04 Å². The van der Waals surface area contributed by atoms with Gasteiger partial charge < -0.3 is 10.4 Å². The highest BCUT2D eigenvalue weighted by Gasteiger charge is 2.19. The largest absolute Gasteiger partial charge is 0.480 e. The van der Waals surface area contributed by atoms with Crippen molar-refractivity contribution in [3.8, 4) is 0 Å². The van der Waals surface area contributed by atoms with E-state index in [0.29, 0.717) is 11.6 Å². The van der Waals surface area contributed by atoms with Crippen LogP contribution in [-0.4, -0.2) is 28.1 Å². The van der Waals surface area contributed by atoms with Crippen LogP contribution in [-0.2, 0) is 4.79 Å². The van der Waals surface area contributed by atoms with Crippen LogP contribution in [0.5, 0.6) is 0 Å². The van der Waals surface area contributed by atoms with Crippen molar-refractivity contribution < 1.29 is 14.7 Å². The molecule has 0 saturated heterocycles. The van der Waals surface area contributed by atoms with Gasteiger partial charge in [0.25, 0.3) is 0 Å². The number of anilines is 1. The molecule has 0 aliphatic heterocycles. The maximum Gasteiger partial charge on any atom is 0.326 e. The molecule has 1 aromatic rings. The van der Waals surface area contributed by atoms with Crippen LogP contribution in [0.3, 0.4) is 0 Å². The monoisotopic (exact) mass is 257 g/mol. The highest BCUT2D eigenvalue weighted by atomic mass is 32.1. The predicted octanol–water partition coefficient (Wildman–Crippen LogP) is 1.91. The van der Waals surface area contributed by atoms with E-state index in [2.05, 4.69) is 15.6 Å². The Balaban J connectivity index is 2.43. The van der Waals surface area contributed by atoms with E-state index in [1.807, 2.05) is 6.92 Å². The summed E-state index contributed by atoms with van der Waals surface area (Å²) in [6.45, 7) is 1.97. The number of carbonyl (C=O) groups is 2. The molecule has 1 atom stereocenters. The van der Waals surface area contributed by atoms with E-state index in [1.165, 1.54) is 11.3 Å². The van der Waals surface area contributed by atoms with Gasteiger partial charge in [-0.2, -0.15) is 0 Å². The normalized spacial score (nSPS) is 11.8. The fourth-order valence-corrected chi connectivity index (χ4v) is 1.77. The van der Waals surface area contributed by atoms with Gasteiger partial charge in [0, 0.05) is 11.6 Å². The van der Waals surface area contributed by atoms with E-state index < -0.39 is 18.0 Å². The molecule has 6 nitrogen and oxygen atoms in total. The molecule has 0 fully saturated rings. The lowest BCUT2D eigenvalue weighted by Crippen LogP contribution is -2.42. The van der Waals surface area contributed by atoms with Gasteiger partial charge in [-0.15, -0.1) is 11.3 Å². The smallest absolute Gasteiger partial charge is 0.326 e. The Kier molecular flexibility index (Phi) is 5.41. The molecular formula is C10H15N3O3S. The van der Waals surface area contributed by atoms with E-state index in [1.54, 1.807) is 11.6 Å². The van der Waals surface area contributed by atoms with Crippen molar-refractivity contribution in [1.29, 1.82) is 0 Å². The maximum atomic E-state index is 11.5. The second-order valence-electron chi connectivity index (χ2n) is 3.47. The minimum atomic E-state index is -1.02. The molecule has 0 radical (unpaired) electrons. The summed E-state index contributed by atoms with van der Waals surface area (Å²) >= 11 is 1.27. The number of urea groups is 1. The molecule has 0 aromatic carbocycles. The van der Waals surface area contributed by atoms with E-state index >= 15 is 0 Å². The molecule has 2 amide bonds. The maximum absolute atomic E-state index is 11.5. The van der Waals surface area contributed by atoms with Crippen molar-refractivity contribution in [2.24, 2.45) is 0 Å². The molecule has 0 aliphatic rings. The van der Waals surface area contributed by atoms with Gasteiger partial charge >= 0.3 is 12.0 Å². The molecule has 0 bridgehead atoms. The zero-order chi connectivity index (χ0) is 12.7. The van der Waals surface area contributed by atoms with Crippen molar-refractivity contribution >= 4 is 28.5 Å². The Labute approximate surface area is 103 Å². The van der Waals surface area contributed by atoms with Gasteiger partial charge in [-0.3, -0.25) is 5.32 Å². The summed E-state index contributed by atoms with van der Waals surface area (Å²) in [4.78, 5) is 26.2. The lowest BCUT2D eigenvalue weighted by molar-refractivity contribution is -0.139. The average Bonchev–Trinajstić information content (AvgIpc) is 2.76. The van der Waals surface area contributed by atoms with Crippen LogP contribution < -0.4 is 10.6 Å². The molecule has 1 rings (SSSR count). The number of aliphatic carboxylic acids is 1. The van der Waals surface area contributed by atoms with Crippen LogP contribution in [0.15, 0.2) is 11.6 Å². The van der Waals surface area contributed by atoms with E-state index in [9.17, 15) is 9.59 Å². The molecule has 3 N–H and O–H groups in total. The molecule has 0 aliphatic carbocycles. The summed E-state index contributed by atoms with van der Waals surface area (Å²) < 4.78 is 0. The number of carboxylic acid groups (broad SMARTS) is 1. The fraction of sp³-hybridized carbons (Fsp3) is 0.500. The Morgan fingerprint density at radius 3 is 2.88 bits per heavy atom. The lowest BCUT2D eigenvalue weighted by atomic mass is 10.1. The first kappa shape index (κ1) is 13.4. The van der Waals surface area contributed by atoms with Crippen LogP contribution in [0.25, 0.3) is 0 Å². The average molecular weight is 257 g/mol. The van der Waals surface area contributed by atoms with Gasteiger partial charge in [-0.25, -0.2) is 14.6 Å². The highest BCUT2D eigenvalue weighted by Crippen LogP contribution is 2.10. The highest BCUT2D eigenvalue weighted by molar-refractivity contribution is 7.13. The topological polar surface area (TPSA) is 91.3 Å². The SMILES string of the molecule is CCCCC(NC(=O)Nc1nccs1)C(=O)O. The first-order valence-corrected chi connectivity index (χ1v) is 6.21. The Hall–Kier alpha value is -1.63. The van der Waals surface area contributed by atoms with Crippen molar-refractivity contribution in [3.05, 3.63) is 11.6 Å². The molecule has 17 heavy (non-hydrogen) atoms. The van der Waals surface area contributed by atoms with Crippen LogP contribution in [0.1, 0.15) is 26.2 Å². The van der Waals surface area contributed by atoms with Crippen LogP contribution in [0, 0.1) is 0 Å². The van der Waals surface area contributed by atoms with Crippen molar-refractivity contribution in [3.63, 3.8) is 0 Å². The molecule has 1 heterocycles. The van der Waals surface area contributed by atoms with Crippen molar-refractivity contribution in [2.45, 2.75) is 32.2 Å². The minimum Gasteiger partial charge on any atom is -0.480 e. The van der Waals surface area contributed by atoms with Gasteiger partial charge in [-0.05, 0) is 6.42 Å². The molecule has 0 spiro atoms. The number of unbranched alkanes of at least 4 members (excludes halogenated alkanes) is 1. The third-order valence-electron chi connectivity index (χ3n) is 2.10. The zero-order valence-electron chi connectivity index (χ0n) is 9.47. The minimum absolute atomic E-state index is 0.428. The summed E-state index contributed by atoms with van der Waals surface area (Å²) in [5.74, 6) is -1.02. The van der Waals surface area contributed by atoms with Gasteiger partial charge in [0.05, 0.1) is 0 Å². The lowest BCUT2D eigenvalue weighted by Gasteiger charge is -2.13. The number of rotatable bonds is 6. The summed E-state index contributed by atoms with van der Waals surface area (Å²) in [5.41, 5.74) is 0. The summed E-state index contributed by atoms with van der Waals surface area (Å²) in [5, 5.41) is 16.0. The van der Waals surface area contributed by atoms with Crippen molar-refractivity contribution in [1.82, 2.24) is 10.3 Å². The Morgan fingerprint density at radius 1 is 1.59 bits per heavy atom. The van der Waals surface area contributed by atoms with E-state index in [-0.39, 0.29) is 0 Å². The number of aromatic nitrogens is 1. The molecular weight excluding hydrogens is 242 g/mol. The first-order chi connectivity index (χ1) is 8.13. The third kappa shape index (κ3) is 4.81. The molecule has 94 valence electrons. The number of thiazole rings is 1. The molecule has 1 aromatic heterocycles. The third-order valence-corrected chi connectivity index (χ3v) is 2.79. The summed E-state index contributed by atoms with van der Waals surface area (Å²) in [6, 6.07) is -1.39. The quantitative estimate of drug-likeness (QED) is 0.726. The van der Waals surface area contributed by atoms with E-state index in [4.69, 9.17) is 5.11 Å². The van der Waals surface area contributed by atoms with Gasteiger partial charge in [-0.1, -0.05) is 19.8 Å². The van der Waals surface area contributed by atoms with Crippen LogP contribution in [0.2, 0.25) is 0 Å². The van der Waals surface area contributed by atoms with Crippen LogP contribution >= 0.6 is 11.3 Å². The number of amides is 2. The number of hydrogen-bond donors (Lipinski definition) is 3. The number of carbonyl (C=O) groups excluding carboxylic acids is 1. The zero-order valence-corrected chi connectivity index (χ0v) is 10.3. The Morgan fingerprint density at radius 2 is 2.35 bits per heavy atom. The Bertz CT molecular complexity index is 367. The predicted molar refractivity (Wildman–Crippen MR) is 65.2 cm³/mol. The first-order valence-electron chi connectivity index (χ1n) is 5.33. The number of nitrogens with one attached hydrogen (secondary N) is 2. The van der Waals surface area contributed by atoms with Gasteiger partial charge in [0.15, 0.2) is 5.13 Å². The van der Waals surface area contributed by atoms with Crippen LogP contribution in [0.4, 0.5) is 9.93 Å². The second-order valence-corrected chi connectivity index (χ2v) is 4.36.